The molecule has 0 aliphatic heterocycles. The Morgan fingerprint density at radius 3 is 2.60 bits per heavy atom. The molecule has 2 aromatic carbocycles. The fourth-order valence-corrected chi connectivity index (χ4v) is 2.71. The van der Waals surface area contributed by atoms with Gasteiger partial charge in [-0.15, -0.1) is 0 Å². The summed E-state index contributed by atoms with van der Waals surface area (Å²) in [6.07, 6.45) is 0. The van der Waals surface area contributed by atoms with Gasteiger partial charge in [-0.3, -0.25) is 4.79 Å². The van der Waals surface area contributed by atoms with Crippen LogP contribution in [-0.4, -0.2) is 17.0 Å². The van der Waals surface area contributed by atoms with E-state index < -0.39 is 17.5 Å². The van der Waals surface area contributed by atoms with Gasteiger partial charge < -0.3 is 14.8 Å². The van der Waals surface area contributed by atoms with Crippen molar-refractivity contribution in [1.82, 2.24) is 0 Å². The predicted molar refractivity (Wildman–Crippen MR) is 96.3 cm³/mol. The summed E-state index contributed by atoms with van der Waals surface area (Å²) in [4.78, 5) is 35.6. The maximum Gasteiger partial charge on any atom is 0.349 e. The fraction of sp³-hybridized carbons (Fsp3) is 0.0556. The van der Waals surface area contributed by atoms with Crippen molar-refractivity contribution in [3.05, 3.63) is 74.0 Å². The van der Waals surface area contributed by atoms with E-state index in [1.165, 1.54) is 18.2 Å². The molecule has 1 amide bonds. The van der Waals surface area contributed by atoms with Gasteiger partial charge in [-0.1, -0.05) is 22.0 Å². The normalized spacial score (nSPS) is 10.6. The summed E-state index contributed by atoms with van der Waals surface area (Å²) in [7, 11) is 0. The molecule has 3 aromatic rings. The Bertz CT molecular complexity index is 1070. The second kappa shape index (κ2) is 6.52. The van der Waals surface area contributed by atoms with Crippen LogP contribution >= 0.6 is 15.9 Å². The summed E-state index contributed by atoms with van der Waals surface area (Å²) in [5.41, 5.74) is 0.471. The lowest BCUT2D eigenvalue weighted by molar-refractivity contribution is 0.0696. The van der Waals surface area contributed by atoms with Crippen molar-refractivity contribution < 1.29 is 19.1 Å². The van der Waals surface area contributed by atoms with Gasteiger partial charge in [0.25, 0.3) is 5.91 Å². The van der Waals surface area contributed by atoms with Crippen LogP contribution in [-0.2, 0) is 0 Å². The van der Waals surface area contributed by atoms with E-state index in [4.69, 9.17) is 9.52 Å². The number of carbonyl (C=O) groups is 2. The number of hydrogen-bond acceptors (Lipinski definition) is 4. The SMILES string of the molecule is Cc1ccc(C(=O)O)cc1NC(=O)c1cc2cc(Br)ccc2oc1=O. The standard InChI is InChI=1S/C18H12BrNO5/c1-9-2-3-10(17(22)23)8-14(9)20-16(21)13-7-11-6-12(19)4-5-15(11)25-18(13)24/h2-8H,1H3,(H,20,21)(H,22,23). The van der Waals surface area contributed by atoms with Crippen LogP contribution in [0.1, 0.15) is 26.3 Å². The molecule has 1 aromatic heterocycles. The molecule has 0 fully saturated rings. The van der Waals surface area contributed by atoms with Gasteiger partial charge in [0.1, 0.15) is 11.1 Å². The van der Waals surface area contributed by atoms with Crippen LogP contribution in [0.25, 0.3) is 11.0 Å². The minimum Gasteiger partial charge on any atom is -0.478 e. The Morgan fingerprint density at radius 1 is 1.12 bits per heavy atom. The van der Waals surface area contributed by atoms with E-state index in [1.807, 2.05) is 0 Å². The van der Waals surface area contributed by atoms with Crippen LogP contribution in [0, 0.1) is 6.92 Å². The lowest BCUT2D eigenvalue weighted by Gasteiger charge is -2.09. The zero-order chi connectivity index (χ0) is 18.1. The molecule has 2 N–H and O–H groups in total. The molecule has 0 spiro atoms. The number of hydrogen-bond donors (Lipinski definition) is 2. The third-order valence-electron chi connectivity index (χ3n) is 3.67. The van der Waals surface area contributed by atoms with E-state index in [-0.39, 0.29) is 11.1 Å². The quantitative estimate of drug-likeness (QED) is 0.650. The van der Waals surface area contributed by atoms with E-state index in [0.717, 1.165) is 4.47 Å². The predicted octanol–water partition coefficient (Wildman–Crippen LogP) is 3.81. The van der Waals surface area contributed by atoms with Crippen molar-refractivity contribution in [1.29, 1.82) is 0 Å². The molecule has 25 heavy (non-hydrogen) atoms. The molecule has 0 atom stereocenters. The molecule has 0 saturated heterocycles. The van der Waals surface area contributed by atoms with Crippen molar-refractivity contribution in [2.45, 2.75) is 6.92 Å². The number of nitrogens with one attached hydrogen (secondary N) is 1. The lowest BCUT2D eigenvalue weighted by Crippen LogP contribution is -2.21. The number of rotatable bonds is 3. The highest BCUT2D eigenvalue weighted by Crippen LogP contribution is 2.21. The first kappa shape index (κ1) is 16.9. The summed E-state index contributed by atoms with van der Waals surface area (Å²) in [5, 5.41) is 12.2. The number of anilines is 1. The summed E-state index contributed by atoms with van der Waals surface area (Å²) in [6, 6.07) is 10.9. The number of carbonyl (C=O) groups excluding carboxylic acids is 1. The van der Waals surface area contributed by atoms with Crippen molar-refractivity contribution in [3.8, 4) is 0 Å². The smallest absolute Gasteiger partial charge is 0.349 e. The van der Waals surface area contributed by atoms with E-state index in [0.29, 0.717) is 22.2 Å². The van der Waals surface area contributed by atoms with Gasteiger partial charge >= 0.3 is 11.6 Å². The number of aromatic carboxylic acids is 1. The van der Waals surface area contributed by atoms with E-state index in [2.05, 4.69) is 21.2 Å². The first-order valence-electron chi connectivity index (χ1n) is 7.24. The zero-order valence-corrected chi connectivity index (χ0v) is 14.6. The Morgan fingerprint density at radius 2 is 1.88 bits per heavy atom. The summed E-state index contributed by atoms with van der Waals surface area (Å²) in [6.45, 7) is 1.72. The Labute approximate surface area is 150 Å². The molecule has 0 bridgehead atoms. The van der Waals surface area contributed by atoms with Gasteiger partial charge in [-0.25, -0.2) is 9.59 Å². The van der Waals surface area contributed by atoms with E-state index >= 15 is 0 Å². The molecule has 3 rings (SSSR count). The van der Waals surface area contributed by atoms with Gasteiger partial charge in [0.15, 0.2) is 0 Å². The number of fused-ring (bicyclic) bond motifs is 1. The van der Waals surface area contributed by atoms with E-state index in [1.54, 1.807) is 31.2 Å². The topological polar surface area (TPSA) is 96.6 Å². The number of carboxylic acids is 1. The highest BCUT2D eigenvalue weighted by Gasteiger charge is 2.16. The first-order valence-corrected chi connectivity index (χ1v) is 8.03. The zero-order valence-electron chi connectivity index (χ0n) is 13.0. The molecule has 7 heteroatoms. The molecule has 1 heterocycles. The highest BCUT2D eigenvalue weighted by molar-refractivity contribution is 9.10. The molecular weight excluding hydrogens is 390 g/mol. The van der Waals surface area contributed by atoms with Crippen LogP contribution in [0.5, 0.6) is 0 Å². The number of aryl methyl sites for hydroxylation is 1. The Hall–Kier alpha value is -2.93. The highest BCUT2D eigenvalue weighted by atomic mass is 79.9. The van der Waals surface area contributed by atoms with Crippen LogP contribution < -0.4 is 10.9 Å². The maximum absolute atomic E-state index is 12.5. The second-order valence-corrected chi connectivity index (χ2v) is 6.33. The fourth-order valence-electron chi connectivity index (χ4n) is 2.33. The van der Waals surface area contributed by atoms with Crippen LogP contribution in [0.2, 0.25) is 0 Å². The first-order chi connectivity index (χ1) is 11.8. The van der Waals surface area contributed by atoms with Crippen molar-refractivity contribution in [3.63, 3.8) is 0 Å². The number of carboxylic acid groups (broad SMARTS) is 1. The molecule has 0 saturated carbocycles. The average molecular weight is 402 g/mol. The number of benzene rings is 2. The van der Waals surface area contributed by atoms with Crippen LogP contribution in [0.3, 0.4) is 0 Å². The van der Waals surface area contributed by atoms with Gasteiger partial charge in [-0.2, -0.15) is 0 Å². The van der Waals surface area contributed by atoms with Gasteiger partial charge in [0, 0.05) is 15.5 Å². The molecule has 126 valence electrons. The van der Waals surface area contributed by atoms with Gasteiger partial charge in [0.05, 0.1) is 5.56 Å². The van der Waals surface area contributed by atoms with Crippen molar-refractivity contribution in [2.24, 2.45) is 0 Å². The monoisotopic (exact) mass is 401 g/mol. The minimum atomic E-state index is -1.11. The van der Waals surface area contributed by atoms with E-state index in [9.17, 15) is 14.4 Å². The molecule has 0 aliphatic carbocycles. The summed E-state index contributed by atoms with van der Waals surface area (Å²) >= 11 is 3.32. The van der Waals surface area contributed by atoms with Gasteiger partial charge in [-0.05, 0) is 48.9 Å². The average Bonchev–Trinajstić information content (AvgIpc) is 2.56. The molecule has 0 radical (unpaired) electrons. The van der Waals surface area contributed by atoms with Gasteiger partial charge in [0.2, 0.25) is 0 Å². The maximum atomic E-state index is 12.5. The molecule has 0 unspecified atom stereocenters. The lowest BCUT2D eigenvalue weighted by atomic mass is 10.1. The summed E-state index contributed by atoms with van der Waals surface area (Å²) < 4.78 is 5.95. The largest absolute Gasteiger partial charge is 0.478 e. The van der Waals surface area contributed by atoms with Crippen molar-refractivity contribution >= 4 is 44.5 Å². The third-order valence-corrected chi connectivity index (χ3v) is 4.16. The molecule has 0 aliphatic rings. The molecular formula is C18H12BrNO5. The van der Waals surface area contributed by atoms with Crippen molar-refractivity contribution in [2.75, 3.05) is 5.32 Å². The van der Waals surface area contributed by atoms with Crippen LogP contribution in [0.15, 0.2) is 56.1 Å². The Kier molecular flexibility index (Phi) is 4.41. The summed E-state index contributed by atoms with van der Waals surface area (Å²) in [5.74, 6) is -1.77. The minimum absolute atomic E-state index is 0.0374. The Balaban J connectivity index is 2.00. The number of amides is 1. The number of halogens is 1. The van der Waals surface area contributed by atoms with Crippen LogP contribution in [0.4, 0.5) is 5.69 Å². The third kappa shape index (κ3) is 3.46. The molecule has 6 nitrogen and oxygen atoms in total. The second-order valence-electron chi connectivity index (χ2n) is 5.42.